The molecule has 6 heteroatoms. The van der Waals surface area contributed by atoms with Crippen LogP contribution in [-0.4, -0.2) is 37.2 Å². The van der Waals surface area contributed by atoms with Gasteiger partial charge in [0.05, 0.1) is 0 Å². The van der Waals surface area contributed by atoms with E-state index in [0.29, 0.717) is 19.3 Å². The Labute approximate surface area is 317 Å². The highest BCUT2D eigenvalue weighted by Gasteiger charge is 2.19. The molecule has 0 spiro atoms. The van der Waals surface area contributed by atoms with Crippen LogP contribution in [0.2, 0.25) is 0 Å². The van der Waals surface area contributed by atoms with Crippen molar-refractivity contribution in [2.24, 2.45) is 5.92 Å². The van der Waals surface area contributed by atoms with E-state index in [1.165, 1.54) is 135 Å². The molecule has 0 saturated heterocycles. The fourth-order valence-corrected chi connectivity index (χ4v) is 6.59. The molecule has 0 rings (SSSR count). The minimum atomic E-state index is -0.758. The van der Waals surface area contributed by atoms with Crippen LogP contribution in [0.25, 0.3) is 0 Å². The van der Waals surface area contributed by atoms with Crippen molar-refractivity contribution in [2.45, 2.75) is 252 Å². The first-order valence-corrected chi connectivity index (χ1v) is 22.4. The van der Waals surface area contributed by atoms with Gasteiger partial charge in [-0.3, -0.25) is 14.4 Å². The molecular formula is C45H86O6. The minimum absolute atomic E-state index is 0.0652. The van der Waals surface area contributed by atoms with Gasteiger partial charge < -0.3 is 14.2 Å². The van der Waals surface area contributed by atoms with Crippen molar-refractivity contribution >= 4 is 17.9 Å². The molecule has 0 fully saturated rings. The van der Waals surface area contributed by atoms with E-state index in [1.54, 1.807) is 0 Å². The van der Waals surface area contributed by atoms with Gasteiger partial charge in [-0.1, -0.05) is 207 Å². The summed E-state index contributed by atoms with van der Waals surface area (Å²) in [5, 5.41) is 0. The second-order valence-electron chi connectivity index (χ2n) is 15.6. The maximum absolute atomic E-state index is 12.6. The van der Waals surface area contributed by atoms with E-state index >= 15 is 0 Å². The number of esters is 3. The summed E-state index contributed by atoms with van der Waals surface area (Å²) in [4.78, 5) is 37.4. The molecular weight excluding hydrogens is 636 g/mol. The number of carbonyl (C=O) groups excluding carboxylic acids is 3. The molecule has 1 unspecified atom stereocenters. The Kier molecular flexibility index (Phi) is 38.4. The number of hydrogen-bond donors (Lipinski definition) is 0. The molecule has 0 bridgehead atoms. The lowest BCUT2D eigenvalue weighted by molar-refractivity contribution is -0.167. The number of hydrogen-bond acceptors (Lipinski definition) is 6. The van der Waals surface area contributed by atoms with Crippen LogP contribution in [0.3, 0.4) is 0 Å². The standard InChI is InChI=1S/C45H86O6/c1-5-8-10-12-13-14-15-16-17-18-19-20-21-25-29-33-37-44(47)50-40-42(39-49-43(46)36-32-27-11-9-6-2)51-45(48)38-34-30-26-23-22-24-28-31-35-41(4)7-3/h41-42H,5-40H2,1-4H3/t41?,42-/m0/s1. The molecule has 0 aromatic heterocycles. The summed E-state index contributed by atoms with van der Waals surface area (Å²) in [6.45, 7) is 8.92. The lowest BCUT2D eigenvalue weighted by Crippen LogP contribution is -2.30. The van der Waals surface area contributed by atoms with E-state index in [2.05, 4.69) is 27.7 Å². The van der Waals surface area contributed by atoms with Crippen molar-refractivity contribution in [1.29, 1.82) is 0 Å². The zero-order valence-corrected chi connectivity index (χ0v) is 34.6. The van der Waals surface area contributed by atoms with Crippen LogP contribution in [0.5, 0.6) is 0 Å². The van der Waals surface area contributed by atoms with Crippen molar-refractivity contribution in [3.8, 4) is 0 Å². The Morgan fingerprint density at radius 1 is 0.392 bits per heavy atom. The lowest BCUT2D eigenvalue weighted by atomic mass is 9.99. The van der Waals surface area contributed by atoms with Crippen molar-refractivity contribution < 1.29 is 28.6 Å². The first-order chi connectivity index (χ1) is 24.9. The molecule has 51 heavy (non-hydrogen) atoms. The largest absolute Gasteiger partial charge is 0.462 e. The highest BCUT2D eigenvalue weighted by Crippen LogP contribution is 2.17. The van der Waals surface area contributed by atoms with E-state index < -0.39 is 6.10 Å². The average molecular weight is 723 g/mol. The first kappa shape index (κ1) is 49.4. The summed E-state index contributed by atoms with van der Waals surface area (Å²) in [6, 6.07) is 0. The van der Waals surface area contributed by atoms with E-state index in [1.807, 2.05) is 0 Å². The smallest absolute Gasteiger partial charge is 0.306 e. The van der Waals surface area contributed by atoms with E-state index in [0.717, 1.165) is 70.1 Å². The van der Waals surface area contributed by atoms with Crippen LogP contribution in [-0.2, 0) is 28.6 Å². The second kappa shape index (κ2) is 39.6. The van der Waals surface area contributed by atoms with Crippen LogP contribution in [0.1, 0.15) is 246 Å². The first-order valence-electron chi connectivity index (χ1n) is 22.4. The molecule has 6 nitrogen and oxygen atoms in total. The topological polar surface area (TPSA) is 78.9 Å². The van der Waals surface area contributed by atoms with Crippen molar-refractivity contribution in [1.82, 2.24) is 0 Å². The maximum atomic E-state index is 12.6. The molecule has 0 aromatic carbocycles. The molecule has 0 heterocycles. The molecule has 0 aliphatic heterocycles. The van der Waals surface area contributed by atoms with Crippen LogP contribution < -0.4 is 0 Å². The maximum Gasteiger partial charge on any atom is 0.306 e. The molecule has 2 atom stereocenters. The Hall–Kier alpha value is -1.59. The van der Waals surface area contributed by atoms with Gasteiger partial charge in [0.25, 0.3) is 0 Å². The Balaban J connectivity index is 4.18. The summed E-state index contributed by atoms with van der Waals surface area (Å²) >= 11 is 0. The van der Waals surface area contributed by atoms with Gasteiger partial charge in [-0.2, -0.15) is 0 Å². The molecule has 0 aliphatic carbocycles. The number of ether oxygens (including phenoxy) is 3. The number of carbonyl (C=O) groups is 3. The molecule has 0 radical (unpaired) electrons. The molecule has 0 aliphatic rings. The minimum Gasteiger partial charge on any atom is -0.462 e. The van der Waals surface area contributed by atoms with Gasteiger partial charge in [-0.05, 0) is 25.2 Å². The fraction of sp³-hybridized carbons (Fsp3) is 0.933. The number of unbranched alkanes of at least 4 members (excludes halogenated alkanes) is 26. The van der Waals surface area contributed by atoms with Gasteiger partial charge in [0.2, 0.25) is 0 Å². The predicted molar refractivity (Wildman–Crippen MR) is 215 cm³/mol. The summed E-state index contributed by atoms with van der Waals surface area (Å²) in [6.07, 6.45) is 38.3. The van der Waals surface area contributed by atoms with Crippen LogP contribution in [0.15, 0.2) is 0 Å². The Bertz CT molecular complexity index is 768. The van der Waals surface area contributed by atoms with E-state index in [4.69, 9.17) is 14.2 Å². The van der Waals surface area contributed by atoms with Gasteiger partial charge in [-0.25, -0.2) is 0 Å². The SMILES string of the molecule is CCCCCCCCCCCCCCCCCCC(=O)OC[C@H](COC(=O)CCCCCCC)OC(=O)CCCCCCCCCCC(C)CC. The molecule has 302 valence electrons. The summed E-state index contributed by atoms with van der Waals surface area (Å²) in [5.74, 6) is -0.0257. The fourth-order valence-electron chi connectivity index (χ4n) is 6.59. The highest BCUT2D eigenvalue weighted by atomic mass is 16.6. The van der Waals surface area contributed by atoms with Crippen LogP contribution >= 0.6 is 0 Å². The summed E-state index contributed by atoms with van der Waals surface area (Å²) in [5.41, 5.74) is 0. The van der Waals surface area contributed by atoms with Gasteiger partial charge in [-0.15, -0.1) is 0 Å². The van der Waals surface area contributed by atoms with Gasteiger partial charge in [0.1, 0.15) is 13.2 Å². The van der Waals surface area contributed by atoms with Crippen molar-refractivity contribution in [3.05, 3.63) is 0 Å². The third-order valence-electron chi connectivity index (χ3n) is 10.4. The van der Waals surface area contributed by atoms with E-state index in [9.17, 15) is 14.4 Å². The lowest BCUT2D eigenvalue weighted by Gasteiger charge is -2.18. The summed E-state index contributed by atoms with van der Waals surface area (Å²) < 4.78 is 16.6. The number of rotatable bonds is 40. The molecule has 0 N–H and O–H groups in total. The summed E-state index contributed by atoms with van der Waals surface area (Å²) in [7, 11) is 0. The third-order valence-corrected chi connectivity index (χ3v) is 10.4. The second-order valence-corrected chi connectivity index (χ2v) is 15.6. The third kappa shape index (κ3) is 38.0. The van der Waals surface area contributed by atoms with Gasteiger partial charge in [0.15, 0.2) is 6.10 Å². The van der Waals surface area contributed by atoms with E-state index in [-0.39, 0.29) is 31.1 Å². The van der Waals surface area contributed by atoms with Crippen molar-refractivity contribution in [3.63, 3.8) is 0 Å². The molecule has 0 saturated carbocycles. The van der Waals surface area contributed by atoms with Crippen LogP contribution in [0.4, 0.5) is 0 Å². The normalized spacial score (nSPS) is 12.5. The highest BCUT2D eigenvalue weighted by molar-refractivity contribution is 5.71. The van der Waals surface area contributed by atoms with Crippen LogP contribution in [0, 0.1) is 5.92 Å². The predicted octanol–water partition coefficient (Wildman–Crippen LogP) is 13.9. The Morgan fingerprint density at radius 3 is 1.02 bits per heavy atom. The zero-order chi connectivity index (χ0) is 37.5. The molecule has 0 amide bonds. The Morgan fingerprint density at radius 2 is 0.686 bits per heavy atom. The monoisotopic (exact) mass is 723 g/mol. The van der Waals surface area contributed by atoms with Gasteiger partial charge in [0, 0.05) is 19.3 Å². The zero-order valence-electron chi connectivity index (χ0n) is 34.6. The molecule has 0 aromatic rings. The average Bonchev–Trinajstić information content (AvgIpc) is 3.13. The van der Waals surface area contributed by atoms with Crippen molar-refractivity contribution in [2.75, 3.05) is 13.2 Å². The quantitative estimate of drug-likeness (QED) is 0.0356. The van der Waals surface area contributed by atoms with Gasteiger partial charge >= 0.3 is 17.9 Å².